The van der Waals surface area contributed by atoms with Gasteiger partial charge in [0, 0.05) is 50.2 Å². The second-order valence-electron chi connectivity index (χ2n) is 8.96. The van der Waals surface area contributed by atoms with Crippen LogP contribution in [0.5, 0.6) is 0 Å². The first-order valence-corrected chi connectivity index (χ1v) is 12.2. The molecule has 36 heavy (non-hydrogen) atoms. The van der Waals surface area contributed by atoms with Crippen molar-refractivity contribution in [3.05, 3.63) is 77.9 Å². The molecule has 5 rings (SSSR count). The van der Waals surface area contributed by atoms with Crippen LogP contribution in [0, 0.1) is 5.82 Å². The lowest BCUT2D eigenvalue weighted by molar-refractivity contribution is 0.0303. The third-order valence-electron chi connectivity index (χ3n) is 6.59. The highest BCUT2D eigenvalue weighted by molar-refractivity contribution is 5.99. The number of hydrogen-bond donors (Lipinski definition) is 1. The number of carbonyl (C=O) groups is 2. The van der Waals surface area contributed by atoms with E-state index in [0.717, 1.165) is 12.8 Å². The molecule has 9 heteroatoms. The second kappa shape index (κ2) is 10.8. The van der Waals surface area contributed by atoms with E-state index in [-0.39, 0.29) is 23.7 Å². The number of rotatable bonds is 5. The van der Waals surface area contributed by atoms with E-state index in [9.17, 15) is 14.0 Å². The molecule has 2 fully saturated rings. The fourth-order valence-corrected chi connectivity index (χ4v) is 4.60. The predicted octanol–water partition coefficient (Wildman–Crippen LogP) is 3.15. The highest BCUT2D eigenvalue weighted by Gasteiger charge is 2.27. The topological polar surface area (TPSA) is 87.7 Å². The average molecular weight is 490 g/mol. The Balaban J connectivity index is 1.18. The van der Waals surface area contributed by atoms with Crippen molar-refractivity contribution in [2.24, 2.45) is 0 Å². The second-order valence-corrected chi connectivity index (χ2v) is 8.96. The number of amides is 2. The van der Waals surface area contributed by atoms with E-state index in [1.807, 2.05) is 11.0 Å². The van der Waals surface area contributed by atoms with Crippen LogP contribution in [0.3, 0.4) is 0 Å². The summed E-state index contributed by atoms with van der Waals surface area (Å²) in [5.41, 5.74) is 2.33. The number of halogens is 1. The molecule has 2 aliphatic rings. The molecule has 2 aromatic heterocycles. The Morgan fingerprint density at radius 3 is 2.50 bits per heavy atom. The summed E-state index contributed by atoms with van der Waals surface area (Å²) >= 11 is 0. The number of nitrogens with one attached hydrogen (secondary N) is 1. The van der Waals surface area contributed by atoms with Gasteiger partial charge in [-0.3, -0.25) is 14.6 Å². The Hall–Kier alpha value is -3.85. The fourth-order valence-electron chi connectivity index (χ4n) is 4.60. The number of morpholine rings is 1. The summed E-state index contributed by atoms with van der Waals surface area (Å²) in [7, 11) is 0. The molecule has 0 unspecified atom stereocenters. The number of aromatic nitrogens is 2. The van der Waals surface area contributed by atoms with Crippen molar-refractivity contribution in [3.63, 3.8) is 0 Å². The highest BCUT2D eigenvalue weighted by Crippen LogP contribution is 2.24. The van der Waals surface area contributed by atoms with Gasteiger partial charge < -0.3 is 19.9 Å². The van der Waals surface area contributed by atoms with Crippen molar-refractivity contribution in [1.29, 1.82) is 0 Å². The van der Waals surface area contributed by atoms with Crippen LogP contribution in [0.2, 0.25) is 0 Å². The summed E-state index contributed by atoms with van der Waals surface area (Å²) < 4.78 is 18.8. The number of benzene rings is 1. The van der Waals surface area contributed by atoms with E-state index in [0.29, 0.717) is 67.6 Å². The zero-order chi connectivity index (χ0) is 24.9. The Labute approximate surface area is 209 Å². The molecule has 1 aromatic carbocycles. The maximum absolute atomic E-state index is 13.5. The van der Waals surface area contributed by atoms with Crippen molar-refractivity contribution in [1.82, 2.24) is 20.2 Å². The summed E-state index contributed by atoms with van der Waals surface area (Å²) in [4.78, 5) is 38.6. The van der Waals surface area contributed by atoms with Crippen molar-refractivity contribution in [2.45, 2.75) is 18.9 Å². The van der Waals surface area contributed by atoms with Crippen molar-refractivity contribution >= 4 is 17.6 Å². The van der Waals surface area contributed by atoms with Gasteiger partial charge in [-0.15, -0.1) is 0 Å². The molecule has 0 saturated carbocycles. The minimum atomic E-state index is -0.328. The Morgan fingerprint density at radius 2 is 1.78 bits per heavy atom. The van der Waals surface area contributed by atoms with Crippen LogP contribution in [0.1, 0.15) is 33.6 Å². The molecule has 4 heterocycles. The first-order chi connectivity index (χ1) is 17.6. The molecule has 0 bridgehead atoms. The average Bonchev–Trinajstić information content (AvgIpc) is 2.94. The van der Waals surface area contributed by atoms with Crippen molar-refractivity contribution in [3.8, 4) is 11.3 Å². The van der Waals surface area contributed by atoms with Gasteiger partial charge in [-0.05, 0) is 49.2 Å². The smallest absolute Gasteiger partial charge is 0.257 e. The highest BCUT2D eigenvalue weighted by atomic mass is 19.1. The van der Waals surface area contributed by atoms with Gasteiger partial charge in [-0.1, -0.05) is 12.1 Å². The molecule has 0 radical (unpaired) electrons. The normalized spacial score (nSPS) is 16.6. The molecule has 2 amide bonds. The zero-order valence-corrected chi connectivity index (χ0v) is 19.9. The van der Waals surface area contributed by atoms with Gasteiger partial charge in [-0.25, -0.2) is 9.37 Å². The van der Waals surface area contributed by atoms with Gasteiger partial charge in [0.1, 0.15) is 11.6 Å². The van der Waals surface area contributed by atoms with Crippen LogP contribution < -0.4 is 10.2 Å². The van der Waals surface area contributed by atoms with Gasteiger partial charge in [0.15, 0.2) is 0 Å². The third kappa shape index (κ3) is 5.36. The third-order valence-corrected chi connectivity index (χ3v) is 6.59. The van der Waals surface area contributed by atoms with E-state index < -0.39 is 0 Å². The number of pyridine rings is 2. The number of piperidine rings is 1. The van der Waals surface area contributed by atoms with Gasteiger partial charge >= 0.3 is 0 Å². The first kappa shape index (κ1) is 23.9. The number of nitrogens with zero attached hydrogens (tertiary/aromatic N) is 4. The zero-order valence-electron chi connectivity index (χ0n) is 19.9. The van der Waals surface area contributed by atoms with Crippen LogP contribution in [0.25, 0.3) is 11.3 Å². The monoisotopic (exact) mass is 489 g/mol. The molecule has 3 aromatic rings. The summed E-state index contributed by atoms with van der Waals surface area (Å²) in [5.74, 6) is 0.153. The molecule has 8 nitrogen and oxygen atoms in total. The van der Waals surface area contributed by atoms with Crippen LogP contribution in [-0.4, -0.2) is 72.1 Å². The summed E-state index contributed by atoms with van der Waals surface area (Å²) in [6.07, 6.45) is 4.70. The van der Waals surface area contributed by atoms with Crippen LogP contribution >= 0.6 is 0 Å². The van der Waals surface area contributed by atoms with E-state index in [1.54, 1.807) is 36.5 Å². The number of carbonyl (C=O) groups excluding carboxylic acids is 2. The Bertz CT molecular complexity index is 1220. The minimum Gasteiger partial charge on any atom is -0.378 e. The Kier molecular flexibility index (Phi) is 7.18. The van der Waals surface area contributed by atoms with Gasteiger partial charge in [0.25, 0.3) is 11.8 Å². The maximum Gasteiger partial charge on any atom is 0.257 e. The molecule has 0 atom stereocenters. The molecule has 2 aliphatic heterocycles. The van der Waals surface area contributed by atoms with Crippen LogP contribution in [0.15, 0.2) is 60.9 Å². The molecule has 2 saturated heterocycles. The van der Waals surface area contributed by atoms with E-state index >= 15 is 0 Å². The summed E-state index contributed by atoms with van der Waals surface area (Å²) in [6, 6.07) is 13.3. The number of ether oxygens (including phenoxy) is 1. The lowest BCUT2D eigenvalue weighted by Gasteiger charge is -2.35. The number of anilines is 1. The van der Waals surface area contributed by atoms with Crippen molar-refractivity contribution in [2.75, 3.05) is 44.3 Å². The number of hydrogen-bond acceptors (Lipinski definition) is 6. The standard InChI is InChI=1S/C27H28FN5O3/c28-21-4-1-3-19(17-21)24-7-6-20(18-30-24)26(34)31-22-8-11-32(12-9-22)25-23(5-2-10-29-25)27(35)33-13-15-36-16-14-33/h1-7,10,17-18,22H,8-9,11-16H2,(H,31,34). The molecular formula is C27H28FN5O3. The summed E-state index contributed by atoms with van der Waals surface area (Å²) in [5, 5.41) is 3.09. The molecule has 1 N–H and O–H groups in total. The lowest BCUT2D eigenvalue weighted by atomic mass is 10.0. The minimum absolute atomic E-state index is 0.0127. The van der Waals surface area contributed by atoms with Gasteiger partial charge in [0.2, 0.25) is 0 Å². The largest absolute Gasteiger partial charge is 0.378 e. The van der Waals surface area contributed by atoms with Crippen LogP contribution in [-0.2, 0) is 4.74 Å². The fraction of sp³-hybridized carbons (Fsp3) is 0.333. The van der Waals surface area contributed by atoms with Crippen LogP contribution in [0.4, 0.5) is 10.2 Å². The quantitative estimate of drug-likeness (QED) is 0.593. The van der Waals surface area contributed by atoms with E-state index in [2.05, 4.69) is 20.2 Å². The Morgan fingerprint density at radius 1 is 0.972 bits per heavy atom. The maximum atomic E-state index is 13.5. The summed E-state index contributed by atoms with van der Waals surface area (Å²) in [6.45, 7) is 3.63. The lowest BCUT2D eigenvalue weighted by Crippen LogP contribution is -2.46. The molecular weight excluding hydrogens is 461 g/mol. The predicted molar refractivity (Wildman–Crippen MR) is 133 cm³/mol. The van der Waals surface area contributed by atoms with Gasteiger partial charge in [0.05, 0.1) is 30.0 Å². The molecule has 0 aliphatic carbocycles. The SMILES string of the molecule is O=C(NC1CCN(c2ncccc2C(=O)N2CCOCC2)CC1)c1ccc(-c2cccc(F)c2)nc1. The molecule has 0 spiro atoms. The van der Waals surface area contributed by atoms with Crippen molar-refractivity contribution < 1.29 is 18.7 Å². The van der Waals surface area contributed by atoms with E-state index in [4.69, 9.17) is 4.74 Å². The van der Waals surface area contributed by atoms with E-state index in [1.165, 1.54) is 18.3 Å². The molecule has 186 valence electrons. The first-order valence-electron chi connectivity index (χ1n) is 12.2. The van der Waals surface area contributed by atoms with Gasteiger partial charge in [-0.2, -0.15) is 0 Å².